The van der Waals surface area contributed by atoms with Crippen LogP contribution >= 0.6 is 0 Å². The third kappa shape index (κ3) is 6.40. The third-order valence-electron chi connectivity index (χ3n) is 5.49. The van der Waals surface area contributed by atoms with Gasteiger partial charge in [0.25, 0.3) is 0 Å². The summed E-state index contributed by atoms with van der Waals surface area (Å²) in [6.07, 6.45) is 2.18. The van der Waals surface area contributed by atoms with Crippen molar-refractivity contribution < 1.29 is 22.7 Å². The minimum Gasteiger partial charge on any atom is -0.383 e. The van der Waals surface area contributed by atoms with E-state index in [0.29, 0.717) is 12.2 Å². The van der Waals surface area contributed by atoms with Gasteiger partial charge in [-0.15, -0.1) is 0 Å². The number of sulfonamides is 1. The Kier molecular flexibility index (Phi) is 8.23. The van der Waals surface area contributed by atoms with Gasteiger partial charge in [0, 0.05) is 37.5 Å². The Hall–Kier alpha value is -2.75. The van der Waals surface area contributed by atoms with Crippen molar-refractivity contribution in [3.63, 3.8) is 0 Å². The van der Waals surface area contributed by atoms with E-state index >= 15 is 0 Å². The molecule has 0 radical (unpaired) electrons. The number of nitrogens with one attached hydrogen (secondary N) is 2. The number of hydrogen-bond acceptors (Lipinski definition) is 5. The highest BCUT2D eigenvalue weighted by Crippen LogP contribution is 2.27. The number of anilines is 2. The maximum absolute atomic E-state index is 12.7. The van der Waals surface area contributed by atoms with Crippen molar-refractivity contribution in [3.8, 4) is 0 Å². The fourth-order valence-corrected chi connectivity index (χ4v) is 5.07. The summed E-state index contributed by atoms with van der Waals surface area (Å²) < 4.78 is 32.3. The van der Waals surface area contributed by atoms with Crippen LogP contribution in [-0.4, -0.2) is 46.5 Å². The van der Waals surface area contributed by atoms with Crippen molar-refractivity contribution in [1.29, 1.82) is 0 Å². The zero-order chi connectivity index (χ0) is 24.0. The first kappa shape index (κ1) is 24.9. The Labute approximate surface area is 195 Å². The zero-order valence-electron chi connectivity index (χ0n) is 19.2. The summed E-state index contributed by atoms with van der Waals surface area (Å²) in [5.74, 6) is -0.834. The van der Waals surface area contributed by atoms with Gasteiger partial charge in [0.05, 0.1) is 17.4 Å². The second kappa shape index (κ2) is 10.9. The molecule has 2 unspecified atom stereocenters. The van der Waals surface area contributed by atoms with Crippen LogP contribution in [0.15, 0.2) is 53.4 Å². The molecule has 0 aliphatic carbocycles. The molecule has 2 aromatic carbocycles. The van der Waals surface area contributed by atoms with Crippen molar-refractivity contribution in [2.45, 2.75) is 44.0 Å². The molecule has 2 amide bonds. The van der Waals surface area contributed by atoms with E-state index in [4.69, 9.17) is 4.74 Å². The van der Waals surface area contributed by atoms with Gasteiger partial charge in [0.2, 0.25) is 21.8 Å². The predicted octanol–water partition coefficient (Wildman–Crippen LogP) is 2.94. The van der Waals surface area contributed by atoms with E-state index < -0.39 is 15.9 Å². The molecule has 9 heteroatoms. The molecule has 0 bridgehead atoms. The number of ether oxygens (including phenoxy) is 1. The maximum atomic E-state index is 12.7. The van der Waals surface area contributed by atoms with Crippen LogP contribution in [-0.2, 0) is 30.8 Å². The molecule has 2 atom stereocenters. The quantitative estimate of drug-likeness (QED) is 0.552. The van der Waals surface area contributed by atoms with Gasteiger partial charge >= 0.3 is 0 Å². The molecule has 8 nitrogen and oxygen atoms in total. The Balaban J connectivity index is 1.60. The molecule has 2 N–H and O–H groups in total. The molecule has 3 rings (SSSR count). The Bertz CT molecular complexity index is 1070. The number of benzene rings is 2. The first-order valence-corrected chi connectivity index (χ1v) is 12.5. The van der Waals surface area contributed by atoms with Crippen molar-refractivity contribution in [2.75, 3.05) is 30.5 Å². The van der Waals surface area contributed by atoms with Crippen molar-refractivity contribution in [3.05, 3.63) is 54.1 Å². The van der Waals surface area contributed by atoms with E-state index in [2.05, 4.69) is 17.0 Å². The van der Waals surface area contributed by atoms with Crippen LogP contribution in [0.2, 0.25) is 0 Å². The topological polar surface area (TPSA) is 105 Å². The maximum Gasteiger partial charge on any atom is 0.240 e. The predicted molar refractivity (Wildman–Crippen MR) is 128 cm³/mol. The van der Waals surface area contributed by atoms with Gasteiger partial charge in [-0.25, -0.2) is 13.1 Å². The van der Waals surface area contributed by atoms with Crippen LogP contribution in [0.5, 0.6) is 0 Å². The molecule has 178 valence electrons. The van der Waals surface area contributed by atoms with Crippen LogP contribution in [0.4, 0.5) is 11.4 Å². The van der Waals surface area contributed by atoms with Gasteiger partial charge in [0.1, 0.15) is 0 Å². The van der Waals surface area contributed by atoms with Crippen LogP contribution in [0.1, 0.15) is 32.3 Å². The molecule has 0 spiro atoms. The smallest absolute Gasteiger partial charge is 0.240 e. The van der Waals surface area contributed by atoms with E-state index in [-0.39, 0.29) is 35.8 Å². The minimum absolute atomic E-state index is 0.0870. The first-order chi connectivity index (χ1) is 15.7. The highest BCUT2D eigenvalue weighted by Gasteiger charge is 2.35. The second-order valence-electron chi connectivity index (χ2n) is 8.31. The fraction of sp³-hybridized carbons (Fsp3) is 0.417. The molecular weight excluding hydrogens is 442 g/mol. The van der Waals surface area contributed by atoms with E-state index in [0.717, 1.165) is 18.5 Å². The monoisotopic (exact) mass is 473 g/mol. The summed E-state index contributed by atoms with van der Waals surface area (Å²) in [6, 6.07) is 13.4. The zero-order valence-corrected chi connectivity index (χ0v) is 20.0. The number of amides is 2. The number of rotatable bonds is 10. The van der Waals surface area contributed by atoms with Crippen LogP contribution in [0.25, 0.3) is 0 Å². The molecule has 1 heterocycles. The average molecular weight is 474 g/mol. The molecule has 1 saturated heterocycles. The van der Waals surface area contributed by atoms with Gasteiger partial charge in [-0.3, -0.25) is 9.59 Å². The number of nitrogens with zero attached hydrogens (tertiary/aromatic N) is 1. The summed E-state index contributed by atoms with van der Waals surface area (Å²) >= 11 is 0. The SMILES string of the molecule is CCCc1ccc(N2CC(C(=O)Nc3ccc(S(=O)(=O)NC(C)COC)cc3)CC2=O)cc1. The molecular formula is C24H31N3O5S. The lowest BCUT2D eigenvalue weighted by Gasteiger charge is -2.17. The average Bonchev–Trinajstić information content (AvgIpc) is 3.16. The molecule has 0 saturated carbocycles. The van der Waals surface area contributed by atoms with Gasteiger partial charge < -0.3 is 15.0 Å². The lowest BCUT2D eigenvalue weighted by molar-refractivity contribution is -0.122. The van der Waals surface area contributed by atoms with E-state index in [1.807, 2.05) is 24.3 Å². The summed E-state index contributed by atoms with van der Waals surface area (Å²) in [5.41, 5.74) is 2.48. The van der Waals surface area contributed by atoms with E-state index in [1.54, 1.807) is 11.8 Å². The third-order valence-corrected chi connectivity index (χ3v) is 7.09. The molecule has 1 aliphatic rings. The molecule has 33 heavy (non-hydrogen) atoms. The van der Waals surface area contributed by atoms with E-state index in [1.165, 1.54) is 36.9 Å². The van der Waals surface area contributed by atoms with E-state index in [9.17, 15) is 18.0 Å². The van der Waals surface area contributed by atoms with Gasteiger partial charge in [-0.2, -0.15) is 0 Å². The number of hydrogen-bond donors (Lipinski definition) is 2. The number of methoxy groups -OCH3 is 1. The largest absolute Gasteiger partial charge is 0.383 e. The standard InChI is InChI=1S/C24H31N3O5S/c1-4-5-18-6-10-21(11-7-18)27-15-19(14-23(27)28)24(29)25-20-8-12-22(13-9-20)33(30,31)26-17(2)16-32-3/h6-13,17,19,26H,4-5,14-16H2,1-3H3,(H,25,29). The number of aryl methyl sites for hydroxylation is 1. The second-order valence-corrected chi connectivity index (χ2v) is 10.0. The highest BCUT2D eigenvalue weighted by atomic mass is 32.2. The van der Waals surface area contributed by atoms with Crippen molar-refractivity contribution in [2.24, 2.45) is 5.92 Å². The minimum atomic E-state index is -3.69. The molecule has 2 aromatic rings. The molecule has 1 fully saturated rings. The van der Waals surface area contributed by atoms with Gasteiger partial charge in [-0.1, -0.05) is 25.5 Å². The van der Waals surface area contributed by atoms with Crippen LogP contribution in [0.3, 0.4) is 0 Å². The van der Waals surface area contributed by atoms with Crippen molar-refractivity contribution >= 4 is 33.2 Å². The van der Waals surface area contributed by atoms with Gasteiger partial charge in [-0.05, 0) is 55.3 Å². The van der Waals surface area contributed by atoms with Crippen molar-refractivity contribution in [1.82, 2.24) is 4.72 Å². The summed E-state index contributed by atoms with van der Waals surface area (Å²) in [7, 11) is -2.19. The highest BCUT2D eigenvalue weighted by molar-refractivity contribution is 7.89. The summed E-state index contributed by atoms with van der Waals surface area (Å²) in [6.45, 7) is 4.40. The number of carbonyl (C=O) groups excluding carboxylic acids is 2. The Morgan fingerprint density at radius 2 is 1.82 bits per heavy atom. The Morgan fingerprint density at radius 3 is 2.42 bits per heavy atom. The summed E-state index contributed by atoms with van der Waals surface area (Å²) in [4.78, 5) is 27.0. The summed E-state index contributed by atoms with van der Waals surface area (Å²) in [5, 5.41) is 2.79. The molecule has 0 aromatic heterocycles. The first-order valence-electron chi connectivity index (χ1n) is 11.0. The van der Waals surface area contributed by atoms with Gasteiger partial charge in [0.15, 0.2) is 0 Å². The Morgan fingerprint density at radius 1 is 1.15 bits per heavy atom. The fourth-order valence-electron chi connectivity index (χ4n) is 3.84. The lowest BCUT2D eigenvalue weighted by Crippen LogP contribution is -2.35. The van der Waals surface area contributed by atoms with Crippen LogP contribution in [0, 0.1) is 5.92 Å². The van der Waals surface area contributed by atoms with Crippen LogP contribution < -0.4 is 14.9 Å². The molecule has 1 aliphatic heterocycles. The lowest BCUT2D eigenvalue weighted by atomic mass is 10.1. The number of carbonyl (C=O) groups is 2. The normalized spacial score (nSPS) is 17.2.